The first-order valence-electron chi connectivity index (χ1n) is 9.55. The molecule has 8 nitrogen and oxygen atoms in total. The third kappa shape index (κ3) is 3.88. The van der Waals surface area contributed by atoms with E-state index in [0.717, 1.165) is 6.20 Å². The smallest absolute Gasteiger partial charge is 0.404 e. The third-order valence-corrected chi connectivity index (χ3v) is 6.32. The summed E-state index contributed by atoms with van der Waals surface area (Å²) in [6.07, 6.45) is 2.29. The quantitative estimate of drug-likeness (QED) is 0.528. The van der Waals surface area contributed by atoms with E-state index in [1.165, 1.54) is 23.0 Å². The van der Waals surface area contributed by atoms with Gasteiger partial charge in [0.05, 0.1) is 12.2 Å². The summed E-state index contributed by atoms with van der Waals surface area (Å²) in [7, 11) is 0. The van der Waals surface area contributed by atoms with Crippen molar-refractivity contribution in [2.75, 3.05) is 11.4 Å². The highest BCUT2D eigenvalue weighted by atomic mass is 32.1. The lowest BCUT2D eigenvalue weighted by Gasteiger charge is -2.44. The molecule has 0 bridgehead atoms. The zero-order valence-corrected chi connectivity index (χ0v) is 17.6. The van der Waals surface area contributed by atoms with Gasteiger partial charge in [-0.1, -0.05) is 11.3 Å². The van der Waals surface area contributed by atoms with E-state index in [1.807, 2.05) is 13.8 Å². The third-order valence-electron chi connectivity index (χ3n) is 5.28. The zero-order valence-electron chi connectivity index (χ0n) is 16.8. The Hall–Kier alpha value is -2.99. The van der Waals surface area contributed by atoms with E-state index in [-0.39, 0.29) is 28.9 Å². The van der Waals surface area contributed by atoms with Crippen LogP contribution < -0.4 is 16.0 Å². The highest BCUT2D eigenvalue weighted by Gasteiger charge is 2.35. The van der Waals surface area contributed by atoms with Crippen LogP contribution in [0.1, 0.15) is 18.7 Å². The molecule has 3 atom stereocenters. The molecule has 1 aliphatic rings. The molecule has 4 heterocycles. The first-order chi connectivity index (χ1) is 14.7. The number of thiazole rings is 1. The van der Waals surface area contributed by atoms with Crippen LogP contribution in [0, 0.1) is 5.41 Å². The molecular weight excluding hydrogens is 429 g/mol. The molecule has 0 radical (unpaired) electrons. The number of alkyl halides is 3. The summed E-state index contributed by atoms with van der Waals surface area (Å²) in [6.45, 7) is 4.68. The van der Waals surface area contributed by atoms with E-state index in [4.69, 9.17) is 11.1 Å². The number of imidazole rings is 1. The molecule has 1 fully saturated rings. The van der Waals surface area contributed by atoms with E-state index < -0.39 is 11.1 Å². The van der Waals surface area contributed by atoms with Crippen LogP contribution in [-0.2, 0) is 6.18 Å². The molecule has 0 spiro atoms. The fourth-order valence-electron chi connectivity index (χ4n) is 3.77. The Morgan fingerprint density at radius 2 is 2.13 bits per heavy atom. The monoisotopic (exact) mass is 450 g/mol. The highest BCUT2D eigenvalue weighted by molar-refractivity contribution is 7.17. The predicted molar refractivity (Wildman–Crippen MR) is 113 cm³/mol. The number of rotatable bonds is 4. The van der Waals surface area contributed by atoms with E-state index in [2.05, 4.69) is 25.2 Å². The van der Waals surface area contributed by atoms with Crippen molar-refractivity contribution in [2.24, 2.45) is 5.73 Å². The van der Waals surface area contributed by atoms with Crippen molar-refractivity contribution in [2.45, 2.75) is 38.1 Å². The number of nitrogens with zero attached hydrogens (tertiary/aromatic N) is 5. The summed E-state index contributed by atoms with van der Waals surface area (Å²) in [5, 5.41) is 11.1. The maximum absolute atomic E-state index is 13.1. The Bertz CT molecular complexity index is 1130. The van der Waals surface area contributed by atoms with Crippen LogP contribution in [0.15, 0.2) is 36.4 Å². The number of fused-ring (bicyclic) bond motifs is 1. The van der Waals surface area contributed by atoms with Crippen molar-refractivity contribution in [1.82, 2.24) is 24.7 Å². The van der Waals surface area contributed by atoms with Gasteiger partial charge in [-0.15, -0.1) is 0 Å². The average molecular weight is 450 g/mol. The first-order valence-corrected chi connectivity index (χ1v) is 10.4. The van der Waals surface area contributed by atoms with Gasteiger partial charge < -0.3 is 21.4 Å². The van der Waals surface area contributed by atoms with Crippen molar-refractivity contribution in [1.29, 1.82) is 5.41 Å². The molecule has 164 valence electrons. The summed E-state index contributed by atoms with van der Waals surface area (Å²) in [5.41, 5.74) is 6.74. The van der Waals surface area contributed by atoms with Crippen molar-refractivity contribution in [3.8, 4) is 11.5 Å². The molecule has 0 saturated carbocycles. The van der Waals surface area contributed by atoms with Gasteiger partial charge >= 0.3 is 6.18 Å². The van der Waals surface area contributed by atoms with Crippen LogP contribution in [0.2, 0.25) is 0 Å². The number of nitrogens with two attached hydrogens (primary N) is 1. The van der Waals surface area contributed by atoms with Crippen LogP contribution in [0.5, 0.6) is 0 Å². The topological polar surface area (TPSA) is 108 Å². The molecule has 0 aromatic carbocycles. The van der Waals surface area contributed by atoms with Crippen molar-refractivity contribution in [3.63, 3.8) is 0 Å². The molecule has 0 aliphatic carbocycles. The van der Waals surface area contributed by atoms with Gasteiger partial charge in [-0.05, 0) is 19.9 Å². The SMILES string of the molecule is CC1CN(c2ccnc(-c3cnc4sc(C(F)(F)F)cn34)n2)C(C)C(/C(C=N)=C/N)N1. The lowest BCUT2D eigenvalue weighted by molar-refractivity contribution is -0.134. The number of hydrogen-bond acceptors (Lipinski definition) is 8. The Kier molecular flexibility index (Phi) is 5.43. The van der Waals surface area contributed by atoms with Crippen molar-refractivity contribution in [3.05, 3.63) is 41.3 Å². The average Bonchev–Trinajstić information content (AvgIpc) is 3.32. The second-order valence-corrected chi connectivity index (χ2v) is 8.39. The molecule has 31 heavy (non-hydrogen) atoms. The second-order valence-electron chi connectivity index (χ2n) is 7.38. The van der Waals surface area contributed by atoms with Gasteiger partial charge in [0.25, 0.3) is 0 Å². The summed E-state index contributed by atoms with van der Waals surface area (Å²) in [5.74, 6) is 0.923. The molecule has 3 unspecified atom stereocenters. The minimum atomic E-state index is -4.43. The molecule has 3 aromatic heterocycles. The van der Waals surface area contributed by atoms with Crippen LogP contribution in [-0.4, -0.2) is 50.2 Å². The second kappa shape index (κ2) is 7.93. The van der Waals surface area contributed by atoms with Gasteiger partial charge in [-0.2, -0.15) is 13.2 Å². The van der Waals surface area contributed by atoms with Gasteiger partial charge in [-0.3, -0.25) is 4.40 Å². The van der Waals surface area contributed by atoms with Crippen molar-refractivity contribution >= 4 is 28.3 Å². The molecule has 1 saturated heterocycles. The van der Waals surface area contributed by atoms with E-state index in [1.54, 1.807) is 12.3 Å². The number of anilines is 1. The van der Waals surface area contributed by atoms with Gasteiger partial charge in [0.1, 0.15) is 16.4 Å². The van der Waals surface area contributed by atoms with Crippen molar-refractivity contribution < 1.29 is 13.2 Å². The minimum absolute atomic E-state index is 0.0706. The van der Waals surface area contributed by atoms with Gasteiger partial charge in [0.2, 0.25) is 0 Å². The summed E-state index contributed by atoms with van der Waals surface area (Å²) >= 11 is 0.574. The number of nitrogens with one attached hydrogen (secondary N) is 2. The Labute approximate surface area is 180 Å². The molecule has 3 aromatic rings. The fourth-order valence-corrected chi connectivity index (χ4v) is 4.60. The highest BCUT2D eigenvalue weighted by Crippen LogP contribution is 2.36. The summed E-state index contributed by atoms with van der Waals surface area (Å²) in [4.78, 5) is 14.6. The summed E-state index contributed by atoms with van der Waals surface area (Å²) < 4.78 is 40.6. The Morgan fingerprint density at radius 1 is 1.35 bits per heavy atom. The fraction of sp³-hybridized carbons (Fsp3) is 0.368. The maximum atomic E-state index is 13.1. The number of piperazine rings is 1. The lowest BCUT2D eigenvalue weighted by Crippen LogP contribution is -2.61. The predicted octanol–water partition coefficient (Wildman–Crippen LogP) is 2.92. The Morgan fingerprint density at radius 3 is 2.81 bits per heavy atom. The normalized spacial score (nSPS) is 22.8. The Balaban J connectivity index is 1.71. The van der Waals surface area contributed by atoms with Crippen LogP contribution in [0.25, 0.3) is 16.5 Å². The zero-order chi connectivity index (χ0) is 22.3. The van der Waals surface area contributed by atoms with Gasteiger partial charge in [0.15, 0.2) is 10.8 Å². The maximum Gasteiger partial charge on any atom is 0.427 e. The number of aromatic nitrogens is 4. The lowest BCUT2D eigenvalue weighted by atomic mass is 9.96. The number of hydrogen-bond donors (Lipinski definition) is 3. The molecule has 4 N–H and O–H groups in total. The van der Waals surface area contributed by atoms with E-state index >= 15 is 0 Å². The van der Waals surface area contributed by atoms with Gasteiger partial charge in [0, 0.05) is 49.0 Å². The van der Waals surface area contributed by atoms with Crippen LogP contribution >= 0.6 is 11.3 Å². The molecule has 0 amide bonds. The largest absolute Gasteiger partial charge is 0.427 e. The minimum Gasteiger partial charge on any atom is -0.404 e. The van der Waals surface area contributed by atoms with E-state index in [0.29, 0.717) is 35.0 Å². The summed E-state index contributed by atoms with van der Waals surface area (Å²) in [6, 6.07) is 1.62. The first kappa shape index (κ1) is 21.2. The van der Waals surface area contributed by atoms with Gasteiger partial charge in [-0.25, -0.2) is 15.0 Å². The molecule has 1 aliphatic heterocycles. The van der Waals surface area contributed by atoms with E-state index in [9.17, 15) is 13.2 Å². The molecule has 12 heteroatoms. The number of halogens is 3. The van der Waals surface area contributed by atoms with Crippen LogP contribution in [0.4, 0.5) is 19.0 Å². The molecular formula is C19H21F3N8S. The standard InChI is InChI=1S/C19H21F3N8S/c1-10-8-29(11(2)16(27-10)12(5-23)6-24)15-3-4-25-17(28-15)13-7-26-18-30(13)9-14(31-18)19(20,21)22/h3-7,9-11,16,23,27H,8,24H2,1-2H3/b12-6+,23-5?. The molecule has 4 rings (SSSR count). The van der Waals surface area contributed by atoms with Crippen LogP contribution in [0.3, 0.4) is 0 Å².